The minimum Gasteiger partial charge on any atom is -0.487 e. The van der Waals surface area contributed by atoms with Gasteiger partial charge in [0.1, 0.15) is 23.7 Å². The molecule has 21 heavy (non-hydrogen) atoms. The number of hydrogen-bond donors (Lipinski definition) is 0. The van der Waals surface area contributed by atoms with Crippen LogP contribution in [0.1, 0.15) is 12.0 Å². The summed E-state index contributed by atoms with van der Waals surface area (Å²) in [6, 6.07) is 7.59. The smallest absolute Gasteiger partial charge is 0.146 e. The van der Waals surface area contributed by atoms with Gasteiger partial charge >= 0.3 is 0 Å². The number of halogens is 1. The number of nitrogens with zero attached hydrogens (tertiary/aromatic N) is 4. The molecular formula is C15H13BrN4O. The van der Waals surface area contributed by atoms with Crippen molar-refractivity contribution in [2.75, 3.05) is 18.0 Å². The number of ether oxygens (including phenoxy) is 1. The van der Waals surface area contributed by atoms with Crippen molar-refractivity contribution in [3.8, 4) is 11.8 Å². The van der Waals surface area contributed by atoms with Gasteiger partial charge in [0.2, 0.25) is 0 Å². The molecule has 0 radical (unpaired) electrons. The highest BCUT2D eigenvalue weighted by Crippen LogP contribution is 2.28. The summed E-state index contributed by atoms with van der Waals surface area (Å²) in [5, 5.41) is 9.16. The second kappa shape index (κ2) is 6.10. The van der Waals surface area contributed by atoms with Crippen LogP contribution in [0.5, 0.6) is 5.75 Å². The molecule has 0 N–H and O–H groups in total. The Balaban J connectivity index is 1.71. The molecular weight excluding hydrogens is 332 g/mol. The van der Waals surface area contributed by atoms with Crippen LogP contribution in [0.25, 0.3) is 0 Å². The first-order valence-electron chi connectivity index (χ1n) is 6.64. The summed E-state index contributed by atoms with van der Waals surface area (Å²) in [6.07, 6.45) is 6.12. The Morgan fingerprint density at radius 3 is 3.10 bits per heavy atom. The molecule has 2 aromatic rings. The Labute approximate surface area is 131 Å². The topological polar surface area (TPSA) is 62.0 Å². The molecule has 0 saturated carbocycles. The van der Waals surface area contributed by atoms with Gasteiger partial charge in [0.15, 0.2) is 0 Å². The first kappa shape index (κ1) is 13.8. The van der Waals surface area contributed by atoms with Gasteiger partial charge in [-0.2, -0.15) is 5.26 Å². The highest BCUT2D eigenvalue weighted by Gasteiger charge is 2.26. The molecule has 1 fully saturated rings. The average molecular weight is 345 g/mol. The minimum absolute atomic E-state index is 0.0808. The minimum atomic E-state index is 0.0808. The maximum Gasteiger partial charge on any atom is 0.146 e. The summed E-state index contributed by atoms with van der Waals surface area (Å²) in [6.45, 7) is 1.56. The molecule has 106 valence electrons. The van der Waals surface area contributed by atoms with Crippen LogP contribution in [0, 0.1) is 11.3 Å². The van der Waals surface area contributed by atoms with Gasteiger partial charge in [0, 0.05) is 31.6 Å². The maximum absolute atomic E-state index is 9.16. The molecule has 3 heterocycles. The van der Waals surface area contributed by atoms with E-state index in [9.17, 15) is 0 Å². The average Bonchev–Trinajstić information content (AvgIpc) is 2.98. The third-order valence-corrected chi connectivity index (χ3v) is 3.98. The molecule has 1 saturated heterocycles. The lowest BCUT2D eigenvalue weighted by Crippen LogP contribution is -2.26. The summed E-state index contributed by atoms with van der Waals surface area (Å²) in [5.74, 6) is 1.53. The lowest BCUT2D eigenvalue weighted by Gasteiger charge is -2.19. The van der Waals surface area contributed by atoms with Crippen molar-refractivity contribution in [3.63, 3.8) is 0 Å². The van der Waals surface area contributed by atoms with Crippen molar-refractivity contribution in [3.05, 3.63) is 46.8 Å². The number of aromatic nitrogens is 2. The molecule has 1 atom stereocenters. The Kier molecular flexibility index (Phi) is 4.02. The molecule has 0 bridgehead atoms. The van der Waals surface area contributed by atoms with E-state index in [0.29, 0.717) is 5.56 Å². The van der Waals surface area contributed by atoms with E-state index in [1.807, 2.05) is 6.07 Å². The van der Waals surface area contributed by atoms with E-state index in [-0.39, 0.29) is 6.10 Å². The number of pyridine rings is 2. The summed E-state index contributed by atoms with van der Waals surface area (Å²) < 4.78 is 6.84. The monoisotopic (exact) mass is 344 g/mol. The first-order valence-corrected chi connectivity index (χ1v) is 7.43. The summed E-state index contributed by atoms with van der Waals surface area (Å²) in [7, 11) is 0. The van der Waals surface area contributed by atoms with E-state index in [1.54, 1.807) is 30.7 Å². The van der Waals surface area contributed by atoms with Crippen LogP contribution in [-0.2, 0) is 0 Å². The summed E-state index contributed by atoms with van der Waals surface area (Å²) in [5.41, 5.74) is 0.600. The van der Waals surface area contributed by atoms with Crippen LogP contribution in [0.4, 0.5) is 5.82 Å². The predicted molar refractivity (Wildman–Crippen MR) is 82.1 cm³/mol. The van der Waals surface area contributed by atoms with Crippen molar-refractivity contribution in [1.82, 2.24) is 9.97 Å². The van der Waals surface area contributed by atoms with Crippen LogP contribution in [0.2, 0.25) is 0 Å². The van der Waals surface area contributed by atoms with Crippen LogP contribution in [0.15, 0.2) is 41.3 Å². The Morgan fingerprint density at radius 2 is 2.29 bits per heavy atom. The molecule has 1 aliphatic rings. The highest BCUT2D eigenvalue weighted by atomic mass is 79.9. The van der Waals surface area contributed by atoms with Gasteiger partial charge in [-0.3, -0.25) is 4.98 Å². The van der Waals surface area contributed by atoms with Gasteiger partial charge in [-0.1, -0.05) is 0 Å². The van der Waals surface area contributed by atoms with Gasteiger partial charge in [-0.05, 0) is 34.1 Å². The molecule has 0 amide bonds. The molecule has 1 aliphatic heterocycles. The first-order chi connectivity index (χ1) is 10.3. The maximum atomic E-state index is 9.16. The second-order valence-electron chi connectivity index (χ2n) is 4.77. The number of anilines is 1. The number of hydrogen-bond acceptors (Lipinski definition) is 5. The van der Waals surface area contributed by atoms with Crippen LogP contribution in [0.3, 0.4) is 0 Å². The quantitative estimate of drug-likeness (QED) is 0.856. The van der Waals surface area contributed by atoms with E-state index < -0.39 is 0 Å². The van der Waals surface area contributed by atoms with Crippen molar-refractivity contribution in [2.45, 2.75) is 12.5 Å². The largest absolute Gasteiger partial charge is 0.487 e. The Bertz CT molecular complexity index is 685. The SMILES string of the molecule is N#Cc1cccnc1N1CCC(Oc2ccncc2Br)C1. The van der Waals surface area contributed by atoms with Crippen molar-refractivity contribution in [1.29, 1.82) is 5.26 Å². The van der Waals surface area contributed by atoms with E-state index in [0.717, 1.165) is 35.6 Å². The van der Waals surface area contributed by atoms with Gasteiger partial charge in [-0.25, -0.2) is 4.98 Å². The van der Waals surface area contributed by atoms with Crippen LogP contribution in [-0.4, -0.2) is 29.2 Å². The molecule has 2 aromatic heterocycles. The van der Waals surface area contributed by atoms with Gasteiger partial charge in [0.25, 0.3) is 0 Å². The zero-order chi connectivity index (χ0) is 14.7. The van der Waals surface area contributed by atoms with Gasteiger partial charge < -0.3 is 9.64 Å². The molecule has 6 heteroatoms. The van der Waals surface area contributed by atoms with Crippen LogP contribution >= 0.6 is 15.9 Å². The summed E-state index contributed by atoms with van der Waals surface area (Å²) in [4.78, 5) is 10.4. The molecule has 3 rings (SSSR count). The van der Waals surface area contributed by atoms with Gasteiger partial charge in [0.05, 0.1) is 16.6 Å². The lowest BCUT2D eigenvalue weighted by atomic mass is 10.2. The lowest BCUT2D eigenvalue weighted by molar-refractivity contribution is 0.223. The Morgan fingerprint density at radius 1 is 1.38 bits per heavy atom. The molecule has 1 unspecified atom stereocenters. The van der Waals surface area contributed by atoms with Crippen molar-refractivity contribution in [2.24, 2.45) is 0 Å². The third-order valence-electron chi connectivity index (χ3n) is 3.38. The predicted octanol–water partition coefficient (Wildman–Crippen LogP) is 2.77. The standard InChI is InChI=1S/C15H13BrN4O/c16-13-9-18-6-3-14(13)21-12-4-7-20(10-12)15-11(8-17)2-1-5-19-15/h1-3,5-6,9,12H,4,7,10H2. The molecule has 0 aliphatic carbocycles. The molecule has 0 spiro atoms. The van der Waals surface area contributed by atoms with Crippen molar-refractivity contribution >= 4 is 21.7 Å². The number of rotatable bonds is 3. The third kappa shape index (κ3) is 2.98. The molecule has 0 aromatic carbocycles. The fourth-order valence-corrected chi connectivity index (χ4v) is 2.73. The fourth-order valence-electron chi connectivity index (χ4n) is 2.39. The van der Waals surface area contributed by atoms with Crippen molar-refractivity contribution < 1.29 is 4.74 Å². The van der Waals surface area contributed by atoms with Gasteiger partial charge in [-0.15, -0.1) is 0 Å². The molecule has 5 nitrogen and oxygen atoms in total. The zero-order valence-corrected chi connectivity index (χ0v) is 12.8. The highest BCUT2D eigenvalue weighted by molar-refractivity contribution is 9.10. The number of nitriles is 1. The van der Waals surface area contributed by atoms with Crippen LogP contribution < -0.4 is 9.64 Å². The normalized spacial score (nSPS) is 17.5. The Hall–Kier alpha value is -2.13. The summed E-state index contributed by atoms with van der Waals surface area (Å²) >= 11 is 3.43. The zero-order valence-electron chi connectivity index (χ0n) is 11.2. The van der Waals surface area contributed by atoms with E-state index in [1.165, 1.54) is 0 Å². The van der Waals surface area contributed by atoms with E-state index >= 15 is 0 Å². The van der Waals surface area contributed by atoms with E-state index in [4.69, 9.17) is 10.00 Å². The second-order valence-corrected chi connectivity index (χ2v) is 5.62. The van der Waals surface area contributed by atoms with E-state index in [2.05, 4.69) is 36.9 Å². The fraction of sp³-hybridized carbons (Fsp3) is 0.267.